The first-order chi connectivity index (χ1) is 9.19. The van der Waals surface area contributed by atoms with Gasteiger partial charge in [0.25, 0.3) is 0 Å². The smallest absolute Gasteiger partial charge is 0.323 e. The van der Waals surface area contributed by atoms with E-state index in [0.717, 1.165) is 11.1 Å². The third-order valence-electron chi connectivity index (χ3n) is 3.03. The average molecular weight is 256 g/mol. The van der Waals surface area contributed by atoms with Crippen molar-refractivity contribution in [3.63, 3.8) is 0 Å². The molecular weight excluding hydrogens is 244 g/mol. The Bertz CT molecular complexity index is 802. The van der Waals surface area contributed by atoms with Crippen LogP contribution in [0.2, 0.25) is 0 Å². The summed E-state index contributed by atoms with van der Waals surface area (Å²) in [5, 5.41) is 9.99. The zero-order valence-corrected chi connectivity index (χ0v) is 10.2. The predicted octanol–water partition coefficient (Wildman–Crippen LogP) is 2.24. The normalized spacial score (nSPS) is 10.8. The molecule has 0 saturated carbocycles. The molecule has 19 heavy (non-hydrogen) atoms. The Morgan fingerprint density at radius 3 is 2.68 bits per heavy atom. The Kier molecular flexibility index (Phi) is 2.52. The predicted molar refractivity (Wildman–Crippen MR) is 72.6 cm³/mol. The zero-order valence-electron chi connectivity index (χ0n) is 10.2. The second kappa shape index (κ2) is 4.20. The van der Waals surface area contributed by atoms with Crippen molar-refractivity contribution in [3.05, 3.63) is 46.9 Å². The summed E-state index contributed by atoms with van der Waals surface area (Å²) in [5.41, 5.74) is 2.54. The molecule has 2 aromatic carbocycles. The molecule has 0 saturated heterocycles. The van der Waals surface area contributed by atoms with Crippen LogP contribution in [0.15, 0.2) is 41.2 Å². The minimum absolute atomic E-state index is 0.136. The van der Waals surface area contributed by atoms with Crippen molar-refractivity contribution in [2.45, 2.75) is 0 Å². The molecule has 3 rings (SSSR count). The lowest BCUT2D eigenvalue weighted by atomic mass is 10.0. The van der Waals surface area contributed by atoms with Crippen molar-refractivity contribution in [2.75, 3.05) is 7.11 Å². The SMILES string of the molecule is COc1cccc(O)c1-c1ccc2[nH]c(=O)[nH]c2c1. The van der Waals surface area contributed by atoms with E-state index in [9.17, 15) is 9.90 Å². The van der Waals surface area contributed by atoms with Crippen LogP contribution >= 0.6 is 0 Å². The molecule has 96 valence electrons. The molecule has 0 aliphatic heterocycles. The van der Waals surface area contributed by atoms with Crippen LogP contribution in [0.4, 0.5) is 0 Å². The molecule has 1 heterocycles. The standard InChI is InChI=1S/C14H12N2O3/c1-19-12-4-2-3-11(17)13(12)8-5-6-9-10(7-8)16-14(18)15-9/h2-7,17H,1H3,(H2,15,16,18). The number of fused-ring (bicyclic) bond motifs is 1. The van der Waals surface area contributed by atoms with Crippen molar-refractivity contribution in [1.29, 1.82) is 0 Å². The Hall–Kier alpha value is -2.69. The number of aromatic nitrogens is 2. The highest BCUT2D eigenvalue weighted by Crippen LogP contribution is 2.38. The van der Waals surface area contributed by atoms with E-state index in [1.165, 1.54) is 0 Å². The molecule has 0 fully saturated rings. The van der Waals surface area contributed by atoms with Crippen LogP contribution in [-0.2, 0) is 0 Å². The third-order valence-corrected chi connectivity index (χ3v) is 3.03. The van der Waals surface area contributed by atoms with Gasteiger partial charge in [-0.1, -0.05) is 12.1 Å². The summed E-state index contributed by atoms with van der Waals surface area (Å²) in [6, 6.07) is 10.5. The van der Waals surface area contributed by atoms with Gasteiger partial charge in [-0.3, -0.25) is 0 Å². The molecule has 3 N–H and O–H groups in total. The molecule has 0 aliphatic carbocycles. The lowest BCUT2D eigenvalue weighted by molar-refractivity contribution is 0.410. The maximum absolute atomic E-state index is 11.2. The summed E-state index contributed by atoms with van der Waals surface area (Å²) in [4.78, 5) is 16.6. The number of H-pyrrole nitrogens is 2. The summed E-state index contributed by atoms with van der Waals surface area (Å²) in [6.45, 7) is 0. The number of methoxy groups -OCH3 is 1. The number of imidazole rings is 1. The molecule has 0 spiro atoms. The molecule has 0 amide bonds. The maximum Gasteiger partial charge on any atom is 0.323 e. The molecule has 0 atom stereocenters. The molecule has 5 heteroatoms. The van der Waals surface area contributed by atoms with Crippen molar-refractivity contribution >= 4 is 11.0 Å². The van der Waals surface area contributed by atoms with Crippen molar-refractivity contribution < 1.29 is 9.84 Å². The van der Waals surface area contributed by atoms with E-state index >= 15 is 0 Å². The monoisotopic (exact) mass is 256 g/mol. The second-order valence-electron chi connectivity index (χ2n) is 4.19. The summed E-state index contributed by atoms with van der Waals surface area (Å²) >= 11 is 0. The van der Waals surface area contributed by atoms with Gasteiger partial charge < -0.3 is 19.8 Å². The Labute approximate surface area is 108 Å². The number of hydrogen-bond donors (Lipinski definition) is 3. The number of ether oxygens (including phenoxy) is 1. The molecule has 0 bridgehead atoms. The van der Waals surface area contributed by atoms with Gasteiger partial charge in [-0.25, -0.2) is 4.79 Å². The zero-order chi connectivity index (χ0) is 13.4. The van der Waals surface area contributed by atoms with Gasteiger partial charge >= 0.3 is 5.69 Å². The fourth-order valence-electron chi connectivity index (χ4n) is 2.17. The maximum atomic E-state index is 11.2. The van der Waals surface area contributed by atoms with Gasteiger partial charge in [0, 0.05) is 0 Å². The van der Waals surface area contributed by atoms with Crippen LogP contribution < -0.4 is 10.4 Å². The van der Waals surface area contributed by atoms with Gasteiger partial charge in [0.05, 0.1) is 23.7 Å². The Balaban J connectivity index is 2.26. The summed E-state index contributed by atoms with van der Waals surface area (Å²) in [6.07, 6.45) is 0. The van der Waals surface area contributed by atoms with Crippen LogP contribution in [-0.4, -0.2) is 22.2 Å². The Morgan fingerprint density at radius 1 is 1.11 bits per heavy atom. The summed E-state index contributed by atoms with van der Waals surface area (Å²) in [7, 11) is 1.55. The molecule has 0 aliphatic rings. The van der Waals surface area contributed by atoms with Gasteiger partial charge in [-0.15, -0.1) is 0 Å². The number of phenols is 1. The first kappa shape index (κ1) is 11.4. The van der Waals surface area contributed by atoms with Gasteiger partial charge in [-0.2, -0.15) is 0 Å². The van der Waals surface area contributed by atoms with E-state index in [2.05, 4.69) is 9.97 Å². The average Bonchev–Trinajstić information content (AvgIpc) is 2.77. The van der Waals surface area contributed by atoms with E-state index < -0.39 is 0 Å². The van der Waals surface area contributed by atoms with Crippen LogP contribution in [0.1, 0.15) is 0 Å². The van der Waals surface area contributed by atoms with Gasteiger partial charge in [-0.05, 0) is 29.8 Å². The molecular formula is C14H12N2O3. The number of hydrogen-bond acceptors (Lipinski definition) is 3. The highest BCUT2D eigenvalue weighted by Gasteiger charge is 2.11. The number of rotatable bonds is 2. The third kappa shape index (κ3) is 1.85. The van der Waals surface area contributed by atoms with Crippen LogP contribution in [0.5, 0.6) is 11.5 Å². The minimum Gasteiger partial charge on any atom is -0.507 e. The lowest BCUT2D eigenvalue weighted by Gasteiger charge is -2.10. The van der Waals surface area contributed by atoms with E-state index in [-0.39, 0.29) is 11.4 Å². The molecule has 3 aromatic rings. The van der Waals surface area contributed by atoms with E-state index in [1.807, 2.05) is 6.07 Å². The van der Waals surface area contributed by atoms with Crippen LogP contribution in [0, 0.1) is 0 Å². The van der Waals surface area contributed by atoms with Crippen molar-refractivity contribution in [3.8, 4) is 22.6 Å². The summed E-state index contributed by atoms with van der Waals surface area (Å²) < 4.78 is 5.26. The Morgan fingerprint density at radius 2 is 1.89 bits per heavy atom. The van der Waals surface area contributed by atoms with Crippen molar-refractivity contribution in [2.24, 2.45) is 0 Å². The molecule has 1 aromatic heterocycles. The second-order valence-corrected chi connectivity index (χ2v) is 4.19. The topological polar surface area (TPSA) is 78.1 Å². The number of aromatic hydroxyl groups is 1. The van der Waals surface area contributed by atoms with Crippen LogP contribution in [0.3, 0.4) is 0 Å². The number of phenolic OH excluding ortho intramolecular Hbond substituents is 1. The fraction of sp³-hybridized carbons (Fsp3) is 0.0714. The fourth-order valence-corrected chi connectivity index (χ4v) is 2.17. The molecule has 5 nitrogen and oxygen atoms in total. The number of benzene rings is 2. The van der Waals surface area contributed by atoms with E-state index in [4.69, 9.17) is 4.74 Å². The van der Waals surface area contributed by atoms with Crippen LogP contribution in [0.25, 0.3) is 22.2 Å². The summed E-state index contributed by atoms with van der Waals surface area (Å²) in [5.74, 6) is 0.716. The lowest BCUT2D eigenvalue weighted by Crippen LogP contribution is -1.99. The van der Waals surface area contributed by atoms with Gasteiger partial charge in [0.1, 0.15) is 11.5 Å². The van der Waals surface area contributed by atoms with Crippen molar-refractivity contribution in [1.82, 2.24) is 9.97 Å². The minimum atomic E-state index is -0.253. The van der Waals surface area contributed by atoms with E-state index in [0.29, 0.717) is 16.8 Å². The molecule has 0 unspecified atom stereocenters. The highest BCUT2D eigenvalue weighted by atomic mass is 16.5. The first-order valence-electron chi connectivity index (χ1n) is 5.77. The first-order valence-corrected chi connectivity index (χ1v) is 5.77. The highest BCUT2D eigenvalue weighted by molar-refractivity contribution is 5.85. The number of nitrogens with one attached hydrogen (secondary N) is 2. The number of aromatic amines is 2. The largest absolute Gasteiger partial charge is 0.507 e. The van der Waals surface area contributed by atoms with Gasteiger partial charge in [0.2, 0.25) is 0 Å². The molecule has 0 radical (unpaired) electrons. The van der Waals surface area contributed by atoms with E-state index in [1.54, 1.807) is 37.4 Å². The van der Waals surface area contributed by atoms with Gasteiger partial charge in [0.15, 0.2) is 0 Å². The quantitative estimate of drug-likeness (QED) is 0.658.